The summed E-state index contributed by atoms with van der Waals surface area (Å²) in [5.41, 5.74) is 6.63. The summed E-state index contributed by atoms with van der Waals surface area (Å²) in [5, 5.41) is 10.2. The molecule has 0 fully saturated rings. The second-order valence-electron chi connectivity index (χ2n) is 9.54. The number of ketones is 1. The van der Waals surface area contributed by atoms with Crippen LogP contribution in [0, 0.1) is 0 Å². The average Bonchev–Trinajstić information content (AvgIpc) is 3.66. The molecule has 5 aromatic rings. The number of rotatable bonds is 5. The van der Waals surface area contributed by atoms with Gasteiger partial charge in [-0.15, -0.1) is 11.8 Å². The average molecular weight is 523 g/mol. The molecule has 0 spiro atoms. The fourth-order valence-electron chi connectivity index (χ4n) is 4.98. The van der Waals surface area contributed by atoms with Gasteiger partial charge < -0.3 is 14.6 Å². The highest BCUT2D eigenvalue weighted by Gasteiger charge is 2.30. The van der Waals surface area contributed by atoms with Crippen LogP contribution in [0.1, 0.15) is 38.1 Å². The predicted molar refractivity (Wildman–Crippen MR) is 149 cm³/mol. The summed E-state index contributed by atoms with van der Waals surface area (Å²) in [4.78, 5) is 32.8. The molecule has 0 aliphatic carbocycles. The van der Waals surface area contributed by atoms with Crippen molar-refractivity contribution in [3.63, 3.8) is 0 Å². The van der Waals surface area contributed by atoms with Crippen molar-refractivity contribution in [2.75, 3.05) is 14.1 Å². The van der Waals surface area contributed by atoms with Crippen molar-refractivity contribution in [3.05, 3.63) is 113 Å². The standard InChI is InChI=1S/C30H26N4O3S/c1-32(2)30(37)34-16-25(23-10-9-21(14-26(23)34)20-7-5-19(17-35)6-8-20)28(36)24-11-13-33-27(24)18-38-29(33)22-4-3-12-31-15-22/h3-16,29,35H,17-18H2,1-2H3. The van der Waals surface area contributed by atoms with E-state index in [2.05, 4.69) is 15.6 Å². The van der Waals surface area contributed by atoms with E-state index < -0.39 is 0 Å². The van der Waals surface area contributed by atoms with E-state index >= 15 is 0 Å². The molecule has 1 aliphatic heterocycles. The molecule has 3 aromatic heterocycles. The van der Waals surface area contributed by atoms with Crippen molar-refractivity contribution in [3.8, 4) is 11.1 Å². The van der Waals surface area contributed by atoms with Gasteiger partial charge >= 0.3 is 6.03 Å². The third-order valence-electron chi connectivity index (χ3n) is 6.98. The number of carbonyl (C=O) groups excluding carboxylic acids is 2. The van der Waals surface area contributed by atoms with Crippen molar-refractivity contribution >= 4 is 34.5 Å². The first-order chi connectivity index (χ1) is 18.5. The second kappa shape index (κ2) is 9.63. The molecule has 7 nitrogen and oxygen atoms in total. The van der Waals surface area contributed by atoms with Crippen LogP contribution in [0.4, 0.5) is 4.79 Å². The van der Waals surface area contributed by atoms with E-state index in [1.54, 1.807) is 42.8 Å². The number of thioether (sulfide) groups is 1. The number of fused-ring (bicyclic) bond motifs is 2. The third-order valence-corrected chi connectivity index (χ3v) is 8.23. The van der Waals surface area contributed by atoms with E-state index in [-0.39, 0.29) is 23.8 Å². The maximum Gasteiger partial charge on any atom is 0.328 e. The predicted octanol–water partition coefficient (Wildman–Crippen LogP) is 5.55. The van der Waals surface area contributed by atoms with E-state index in [1.807, 2.05) is 67.0 Å². The Balaban J connectivity index is 1.43. The molecule has 1 N–H and O–H groups in total. The van der Waals surface area contributed by atoms with Gasteiger partial charge in [0.15, 0.2) is 5.78 Å². The number of aromatic nitrogens is 3. The van der Waals surface area contributed by atoms with Crippen LogP contribution in [0.5, 0.6) is 0 Å². The number of nitrogens with zero attached hydrogens (tertiary/aromatic N) is 4. The zero-order chi connectivity index (χ0) is 26.4. The first-order valence-corrected chi connectivity index (χ1v) is 13.3. The smallest absolute Gasteiger partial charge is 0.328 e. The molecule has 0 saturated carbocycles. The van der Waals surface area contributed by atoms with Gasteiger partial charge in [-0.05, 0) is 34.9 Å². The van der Waals surface area contributed by atoms with Gasteiger partial charge in [0.1, 0.15) is 5.37 Å². The topological polar surface area (TPSA) is 80.4 Å². The van der Waals surface area contributed by atoms with E-state index in [0.717, 1.165) is 39.1 Å². The molecule has 0 bridgehead atoms. The Morgan fingerprint density at radius 1 is 1.05 bits per heavy atom. The van der Waals surface area contributed by atoms with Gasteiger partial charge in [-0.1, -0.05) is 42.5 Å². The normalized spacial score (nSPS) is 14.6. The lowest BCUT2D eigenvalue weighted by molar-refractivity contribution is 0.103. The van der Waals surface area contributed by atoms with Crippen LogP contribution in [0.2, 0.25) is 0 Å². The third kappa shape index (κ3) is 4.02. The largest absolute Gasteiger partial charge is 0.392 e. The summed E-state index contributed by atoms with van der Waals surface area (Å²) in [6.07, 6.45) is 7.26. The Morgan fingerprint density at radius 3 is 2.55 bits per heavy atom. The SMILES string of the molecule is CN(C)C(=O)n1cc(C(=O)c2ccn3c2CSC3c2cccnc2)c2ccc(-c3ccc(CO)cc3)cc21. The number of carbonyl (C=O) groups is 2. The summed E-state index contributed by atoms with van der Waals surface area (Å²) in [6.45, 7) is -0.0177. The number of hydrogen-bond donors (Lipinski definition) is 1. The summed E-state index contributed by atoms with van der Waals surface area (Å²) in [7, 11) is 3.40. The lowest BCUT2D eigenvalue weighted by Gasteiger charge is -2.12. The van der Waals surface area contributed by atoms with Gasteiger partial charge in [-0.2, -0.15) is 0 Å². The fourth-order valence-corrected chi connectivity index (χ4v) is 6.29. The zero-order valence-electron chi connectivity index (χ0n) is 21.0. The lowest BCUT2D eigenvalue weighted by Crippen LogP contribution is -2.26. The van der Waals surface area contributed by atoms with E-state index in [0.29, 0.717) is 16.6 Å². The molecule has 8 heteroatoms. The highest BCUT2D eigenvalue weighted by molar-refractivity contribution is 7.99. The minimum Gasteiger partial charge on any atom is -0.392 e. The minimum absolute atomic E-state index is 0.0177. The van der Waals surface area contributed by atoms with Crippen molar-refractivity contribution in [1.29, 1.82) is 0 Å². The van der Waals surface area contributed by atoms with Crippen LogP contribution in [-0.2, 0) is 12.4 Å². The van der Waals surface area contributed by atoms with Crippen LogP contribution in [-0.4, -0.2) is 50.0 Å². The first-order valence-electron chi connectivity index (χ1n) is 12.3. The Morgan fingerprint density at radius 2 is 1.84 bits per heavy atom. The van der Waals surface area contributed by atoms with Gasteiger partial charge in [0.05, 0.1) is 12.1 Å². The second-order valence-corrected chi connectivity index (χ2v) is 10.6. The number of pyridine rings is 1. The molecule has 38 heavy (non-hydrogen) atoms. The van der Waals surface area contributed by atoms with Crippen LogP contribution in [0.15, 0.2) is 85.5 Å². The molecule has 1 amide bonds. The van der Waals surface area contributed by atoms with E-state index in [1.165, 1.54) is 4.90 Å². The number of aliphatic hydroxyl groups excluding tert-OH is 1. The number of aliphatic hydroxyl groups is 1. The van der Waals surface area contributed by atoms with Gasteiger partial charge in [0.25, 0.3) is 0 Å². The molecular formula is C30H26N4O3S. The molecule has 0 saturated heterocycles. The van der Waals surface area contributed by atoms with Crippen molar-refractivity contribution in [2.45, 2.75) is 17.7 Å². The van der Waals surface area contributed by atoms with E-state index in [4.69, 9.17) is 0 Å². The Bertz CT molecular complexity index is 1670. The molecular weight excluding hydrogens is 496 g/mol. The Kier molecular flexibility index (Phi) is 6.13. The number of amides is 1. The molecule has 1 unspecified atom stereocenters. The number of hydrogen-bond acceptors (Lipinski definition) is 5. The molecule has 4 heterocycles. The first kappa shape index (κ1) is 24.2. The fraction of sp³-hybridized carbons (Fsp3) is 0.167. The minimum atomic E-state index is -0.226. The maximum absolute atomic E-state index is 14.0. The summed E-state index contributed by atoms with van der Waals surface area (Å²) in [5.74, 6) is 0.623. The van der Waals surface area contributed by atoms with Crippen LogP contribution < -0.4 is 0 Å². The molecule has 6 rings (SSSR count). The zero-order valence-corrected chi connectivity index (χ0v) is 21.9. The maximum atomic E-state index is 14.0. The van der Waals surface area contributed by atoms with Crippen LogP contribution in [0.3, 0.4) is 0 Å². The molecule has 1 atom stereocenters. The van der Waals surface area contributed by atoms with Crippen LogP contribution in [0.25, 0.3) is 22.0 Å². The van der Waals surface area contributed by atoms with Gasteiger partial charge in [-0.3, -0.25) is 14.3 Å². The lowest BCUT2D eigenvalue weighted by atomic mass is 9.99. The van der Waals surface area contributed by atoms with Crippen molar-refractivity contribution < 1.29 is 14.7 Å². The monoisotopic (exact) mass is 522 g/mol. The summed E-state index contributed by atoms with van der Waals surface area (Å²) < 4.78 is 3.70. The summed E-state index contributed by atoms with van der Waals surface area (Å²) in [6, 6.07) is 19.1. The highest BCUT2D eigenvalue weighted by Crippen LogP contribution is 2.42. The Labute approximate surface area is 224 Å². The highest BCUT2D eigenvalue weighted by atomic mass is 32.2. The molecule has 190 valence electrons. The van der Waals surface area contributed by atoms with Gasteiger partial charge in [-0.25, -0.2) is 4.79 Å². The van der Waals surface area contributed by atoms with Crippen molar-refractivity contribution in [2.24, 2.45) is 0 Å². The quantitative estimate of drug-likeness (QED) is 0.306. The molecule has 2 aromatic carbocycles. The summed E-state index contributed by atoms with van der Waals surface area (Å²) >= 11 is 1.77. The molecule has 1 aliphatic rings. The number of benzene rings is 2. The van der Waals surface area contributed by atoms with E-state index in [9.17, 15) is 14.7 Å². The Hall–Kier alpha value is -4.14. The van der Waals surface area contributed by atoms with Crippen LogP contribution >= 0.6 is 11.8 Å². The van der Waals surface area contributed by atoms with Gasteiger partial charge in [0, 0.05) is 72.4 Å². The molecule has 0 radical (unpaired) electrons. The van der Waals surface area contributed by atoms with Crippen molar-refractivity contribution in [1.82, 2.24) is 19.0 Å². The van der Waals surface area contributed by atoms with Gasteiger partial charge in [0.2, 0.25) is 0 Å².